The molecule has 0 spiro atoms. The molecule has 2 N–H and O–H groups in total. The van der Waals surface area contributed by atoms with Crippen LogP contribution in [0.1, 0.15) is 93.6 Å². The summed E-state index contributed by atoms with van der Waals surface area (Å²) in [6.45, 7) is 25.5. The van der Waals surface area contributed by atoms with Gasteiger partial charge >= 0.3 is 0 Å². The minimum absolute atomic E-state index is 0. The Morgan fingerprint density at radius 2 is 1.25 bits per heavy atom. The summed E-state index contributed by atoms with van der Waals surface area (Å²) in [5.41, 5.74) is 4.81. The Morgan fingerprint density at radius 3 is 1.68 bits per heavy atom. The zero-order chi connectivity index (χ0) is 39.7. The van der Waals surface area contributed by atoms with E-state index in [2.05, 4.69) is 50.4 Å². The van der Waals surface area contributed by atoms with E-state index < -0.39 is 11.9 Å². The van der Waals surface area contributed by atoms with Gasteiger partial charge in [-0.15, -0.1) is 5.10 Å². The van der Waals surface area contributed by atoms with Crippen molar-refractivity contribution in [2.24, 2.45) is 0 Å². The van der Waals surface area contributed by atoms with E-state index in [4.69, 9.17) is 30.3 Å². The first-order chi connectivity index (χ1) is 23.9. The number of hydrogen-bond acceptors (Lipinski definition) is 6. The number of benzene rings is 1. The number of carbonyl (C=O) groups is 2. The zero-order valence-electron chi connectivity index (χ0n) is 33.6. The Labute approximate surface area is 374 Å². The first-order valence-electron chi connectivity index (χ1n) is 16.3. The summed E-state index contributed by atoms with van der Waals surface area (Å²) in [7, 11) is 0. The predicted molar refractivity (Wildman–Crippen MR) is 213 cm³/mol. The van der Waals surface area contributed by atoms with Crippen LogP contribution in [0.5, 0.6) is 0 Å². The quantitative estimate of drug-likeness (QED) is 0.100. The van der Waals surface area contributed by atoms with Gasteiger partial charge in [-0.05, 0) is 53.2 Å². The fraction of sp³-hybridized carbons (Fsp3) is 0.333. The molecule has 0 radical (unpaired) electrons. The van der Waals surface area contributed by atoms with Crippen LogP contribution in [0.3, 0.4) is 0 Å². The van der Waals surface area contributed by atoms with E-state index in [-0.39, 0.29) is 75.8 Å². The van der Waals surface area contributed by atoms with Gasteiger partial charge in [-0.1, -0.05) is 91.4 Å². The van der Waals surface area contributed by atoms with Crippen molar-refractivity contribution in [2.45, 2.75) is 89.3 Å². The Kier molecular flexibility index (Phi) is 52.7. The fourth-order valence-corrected chi connectivity index (χ4v) is 3.36. The van der Waals surface area contributed by atoms with Crippen molar-refractivity contribution >= 4 is 44.4 Å². The van der Waals surface area contributed by atoms with Crippen LogP contribution in [0.4, 0.5) is 0 Å². The summed E-state index contributed by atoms with van der Waals surface area (Å²) in [6, 6.07) is 25.7. The van der Waals surface area contributed by atoms with Crippen molar-refractivity contribution in [3.8, 4) is 12.1 Å². The van der Waals surface area contributed by atoms with Gasteiger partial charge in [0.2, 0.25) is 0 Å². The predicted octanol–water partition coefficient (Wildman–Crippen LogP) is 10.1. The molecule has 5 rings (SSSR count). The van der Waals surface area contributed by atoms with Crippen LogP contribution in [0.15, 0.2) is 96.4 Å². The van der Waals surface area contributed by atoms with Gasteiger partial charge in [0.15, 0.2) is 12.4 Å². The maximum absolute atomic E-state index is 9.00. The van der Waals surface area contributed by atoms with Crippen molar-refractivity contribution in [3.05, 3.63) is 115 Å². The number of nitrogens with zero attached hydrogens (tertiary/aromatic N) is 7. The van der Waals surface area contributed by atoms with Crippen molar-refractivity contribution < 1.29 is 86.6 Å². The first kappa shape index (κ1) is 64.7. The molecule has 0 amide bonds. The van der Waals surface area contributed by atoms with Crippen LogP contribution < -0.4 is 4.57 Å². The van der Waals surface area contributed by atoms with Crippen molar-refractivity contribution in [3.63, 3.8) is 0 Å². The third-order valence-corrected chi connectivity index (χ3v) is 5.19. The topological polar surface area (TPSA) is 161 Å². The summed E-state index contributed by atoms with van der Waals surface area (Å²) >= 11 is 2.82. The fourth-order valence-electron chi connectivity index (χ4n) is 3.36. The van der Waals surface area contributed by atoms with Gasteiger partial charge < -0.3 is 22.0 Å². The maximum atomic E-state index is 9.00. The molecule has 0 bridgehead atoms. The van der Waals surface area contributed by atoms with Gasteiger partial charge in [0.05, 0.1) is 21.1 Å². The van der Waals surface area contributed by atoms with E-state index in [1.54, 1.807) is 6.07 Å². The van der Waals surface area contributed by atoms with E-state index in [1.165, 1.54) is 0 Å². The monoisotopic (exact) mass is 1240 g/mol. The molecule has 11 nitrogen and oxygen atoms in total. The average molecular weight is 1240 g/mol. The van der Waals surface area contributed by atoms with Gasteiger partial charge in [-0.3, -0.25) is 9.59 Å². The van der Waals surface area contributed by atoms with Gasteiger partial charge in [0.25, 0.3) is 18.1 Å². The third-order valence-electron chi connectivity index (χ3n) is 5.01. The van der Waals surface area contributed by atoms with Crippen molar-refractivity contribution in [1.82, 2.24) is 19.4 Å². The largest absolute Gasteiger partial charge is 0.481 e. The molecule has 0 aliphatic heterocycles. The number of aryl methyl sites for hydroxylation is 1. The number of allylic oxidation sites excluding steroid dienone is 1. The SMILES string of the molecule is C=C(Br)C#N.CC.CC.CC.CC.CC(=O)O.CC(=O)O.CC(n1nnc2ccccc21)[n+]1ccccc1.Cc1cc(C#N)c2ccccn12.[CH3-].[U].[U]. The molecule has 1 aromatic carbocycles. The first-order valence-corrected chi connectivity index (χ1v) is 17.1. The van der Waals surface area contributed by atoms with E-state index in [1.807, 2.05) is 157 Å². The minimum atomic E-state index is -0.833. The van der Waals surface area contributed by atoms with Crippen LogP contribution in [0, 0.1) is 99.2 Å². The zero-order valence-corrected chi connectivity index (χ0v) is 43.5. The summed E-state index contributed by atoms with van der Waals surface area (Å²) in [6.07, 6.45) is 6.14. The second-order valence-electron chi connectivity index (χ2n) is 8.30. The summed E-state index contributed by atoms with van der Waals surface area (Å²) < 4.78 is 6.41. The van der Waals surface area contributed by atoms with Gasteiger partial charge in [-0.25, -0.2) is 0 Å². The third kappa shape index (κ3) is 29.9. The van der Waals surface area contributed by atoms with Gasteiger partial charge in [0.1, 0.15) is 17.7 Å². The summed E-state index contributed by atoms with van der Waals surface area (Å²) in [4.78, 5) is 18.0. The standard InChI is InChI=1S/C13H13N4.C10H8N2.C3H2BrN.2C2H4O2.4C2H6.CH3.2U/c1-11(16-9-5-2-6-10-16)17-13-8-4-3-7-12(13)14-15-17;1-8-6-9(7-11)10-4-2-3-5-12(8)10;1-3(4)2-5;2*1-2(3)4;4*1-2;;;/h2-11H,1H3;2-6H,1H3;1H2;2*1H3,(H,3,4);4*1-2H3;1H3;;/q+1;;;;;;;;;-1;;. The smallest absolute Gasteiger partial charge is 0.300 e. The van der Waals surface area contributed by atoms with E-state index in [0.29, 0.717) is 4.48 Å². The second-order valence-corrected chi connectivity index (χ2v) is 9.26. The summed E-state index contributed by atoms with van der Waals surface area (Å²) in [5.74, 6) is -1.67. The molecule has 1 unspecified atom stereocenters. The number of aliphatic carboxylic acids is 2. The maximum Gasteiger partial charge on any atom is 0.300 e. The normalized spacial score (nSPS) is 8.28. The number of rotatable bonds is 2. The second kappa shape index (κ2) is 43.2. The summed E-state index contributed by atoms with van der Waals surface area (Å²) in [5, 5.41) is 39.7. The van der Waals surface area contributed by atoms with E-state index >= 15 is 0 Å². The number of halogens is 1. The van der Waals surface area contributed by atoms with Crippen LogP contribution in [0.2, 0.25) is 0 Å². The molecule has 0 aliphatic rings. The Morgan fingerprint density at radius 1 is 0.830 bits per heavy atom. The van der Waals surface area contributed by atoms with Gasteiger partial charge in [0, 0.05) is 107 Å². The molecule has 4 aromatic heterocycles. The molecule has 5 aromatic rings. The van der Waals surface area contributed by atoms with Gasteiger partial charge in [-0.2, -0.15) is 19.8 Å². The number of fused-ring (bicyclic) bond motifs is 2. The molecule has 1 atom stereocenters. The van der Waals surface area contributed by atoms with Crippen molar-refractivity contribution in [1.29, 1.82) is 10.5 Å². The molecule has 288 valence electrons. The van der Waals surface area contributed by atoms with E-state index in [0.717, 1.165) is 41.7 Å². The number of nitriles is 2. The molecule has 0 fully saturated rings. The Balaban J connectivity index is -0.000000104. The number of hydrogen-bond donors (Lipinski definition) is 2. The van der Waals surface area contributed by atoms with Crippen LogP contribution in [-0.2, 0) is 9.59 Å². The van der Waals surface area contributed by atoms with Crippen LogP contribution in [0.25, 0.3) is 16.6 Å². The number of pyridine rings is 2. The Hall–Kier alpha value is -3.23. The molecule has 53 heavy (non-hydrogen) atoms. The van der Waals surface area contributed by atoms with Crippen molar-refractivity contribution in [2.75, 3.05) is 0 Å². The molecule has 0 aliphatic carbocycles. The average Bonchev–Trinajstić information content (AvgIpc) is 3.73. The van der Waals surface area contributed by atoms with Crippen LogP contribution in [-0.4, -0.2) is 41.5 Å². The molecule has 4 heterocycles. The number of carboxylic acids is 2. The Bertz CT molecular complexity index is 1700. The molecular weight excluding hydrogens is 1190 g/mol. The van der Waals surface area contributed by atoms with Crippen LogP contribution >= 0.6 is 15.9 Å². The number of aromatic nitrogens is 5. The number of para-hydroxylation sites is 1. The van der Waals surface area contributed by atoms with E-state index in [9.17, 15) is 0 Å². The minimum Gasteiger partial charge on any atom is -0.481 e. The number of carboxylic acid groups (broad SMARTS) is 2. The molecule has 0 saturated heterocycles. The molecule has 0 saturated carbocycles. The molecular formula is C39H58BrN7O4U2. The molecule has 14 heteroatoms.